The number of benzene rings is 1. The molecule has 2 heterocycles. The van der Waals surface area contributed by atoms with Crippen molar-refractivity contribution in [2.24, 2.45) is 0 Å². The van der Waals surface area contributed by atoms with Gasteiger partial charge in [0.15, 0.2) is 5.82 Å². The molecule has 1 saturated heterocycles. The van der Waals surface area contributed by atoms with Crippen LogP contribution in [0.2, 0.25) is 0 Å². The molecule has 1 aliphatic rings. The number of carbonyl (C=O) groups is 1. The highest BCUT2D eigenvalue weighted by atomic mass is 16.5. The molecular weight excluding hydrogens is 280 g/mol. The Morgan fingerprint density at radius 2 is 2.23 bits per heavy atom. The Kier molecular flexibility index (Phi) is 4.48. The normalized spacial score (nSPS) is 18.4. The van der Waals surface area contributed by atoms with Gasteiger partial charge < -0.3 is 14.7 Å². The van der Waals surface area contributed by atoms with Crippen molar-refractivity contribution in [2.45, 2.75) is 25.8 Å². The van der Waals surface area contributed by atoms with E-state index in [1.165, 1.54) is 5.56 Å². The monoisotopic (exact) mass is 300 g/mol. The van der Waals surface area contributed by atoms with E-state index in [1.807, 2.05) is 25.1 Å². The van der Waals surface area contributed by atoms with Gasteiger partial charge in [-0.25, -0.2) is 0 Å². The first-order chi connectivity index (χ1) is 10.8. The summed E-state index contributed by atoms with van der Waals surface area (Å²) >= 11 is 0. The second-order valence-corrected chi connectivity index (χ2v) is 5.46. The van der Waals surface area contributed by atoms with E-state index in [1.54, 1.807) is 4.90 Å². The standard InChI is InChI=1S/C16H20N4O2/c1-2-14-18-15(22-19-14)16(21)20-9-8-17-13(11-20)10-12-6-4-3-5-7-12/h3-7,13,17H,2,8-11H2,1H3/t13-/m0/s1. The molecule has 1 aromatic heterocycles. The molecular formula is C16H20N4O2. The van der Waals surface area contributed by atoms with Crippen LogP contribution >= 0.6 is 0 Å². The van der Waals surface area contributed by atoms with Gasteiger partial charge in [-0.15, -0.1) is 0 Å². The average molecular weight is 300 g/mol. The molecule has 1 aromatic carbocycles. The summed E-state index contributed by atoms with van der Waals surface area (Å²) in [6.45, 7) is 4.02. The van der Waals surface area contributed by atoms with Crippen molar-refractivity contribution in [2.75, 3.05) is 19.6 Å². The summed E-state index contributed by atoms with van der Waals surface area (Å²) < 4.78 is 5.05. The van der Waals surface area contributed by atoms with Gasteiger partial charge in [-0.3, -0.25) is 4.79 Å². The number of hydrogen-bond donors (Lipinski definition) is 1. The summed E-state index contributed by atoms with van der Waals surface area (Å²) in [7, 11) is 0. The van der Waals surface area contributed by atoms with Crippen LogP contribution in [0.5, 0.6) is 0 Å². The maximum Gasteiger partial charge on any atom is 0.316 e. The van der Waals surface area contributed by atoms with Crippen molar-refractivity contribution < 1.29 is 9.32 Å². The zero-order valence-corrected chi connectivity index (χ0v) is 12.7. The molecule has 2 aromatic rings. The topological polar surface area (TPSA) is 71.3 Å². The first kappa shape index (κ1) is 14.7. The largest absolute Gasteiger partial charge is 0.332 e. The van der Waals surface area contributed by atoms with Gasteiger partial charge in [0.2, 0.25) is 0 Å². The van der Waals surface area contributed by atoms with E-state index in [9.17, 15) is 4.79 Å². The summed E-state index contributed by atoms with van der Waals surface area (Å²) in [5, 5.41) is 7.25. The fourth-order valence-corrected chi connectivity index (χ4v) is 2.66. The van der Waals surface area contributed by atoms with Crippen molar-refractivity contribution in [3.8, 4) is 0 Å². The number of rotatable bonds is 4. The molecule has 1 N–H and O–H groups in total. The maximum atomic E-state index is 12.4. The van der Waals surface area contributed by atoms with Crippen LogP contribution < -0.4 is 5.32 Å². The zero-order chi connectivity index (χ0) is 15.4. The summed E-state index contributed by atoms with van der Waals surface area (Å²) in [6, 6.07) is 10.5. The lowest BCUT2D eigenvalue weighted by Crippen LogP contribution is -2.53. The number of nitrogens with zero attached hydrogens (tertiary/aromatic N) is 3. The first-order valence-electron chi connectivity index (χ1n) is 7.65. The Labute approximate surface area is 129 Å². The lowest BCUT2D eigenvalue weighted by molar-refractivity contribution is 0.0653. The van der Waals surface area contributed by atoms with E-state index in [0.717, 1.165) is 13.0 Å². The third-order valence-electron chi connectivity index (χ3n) is 3.83. The lowest BCUT2D eigenvalue weighted by atomic mass is 10.0. The van der Waals surface area contributed by atoms with Gasteiger partial charge in [0.05, 0.1) is 0 Å². The van der Waals surface area contributed by atoms with E-state index in [0.29, 0.717) is 25.3 Å². The maximum absolute atomic E-state index is 12.4. The fraction of sp³-hybridized carbons (Fsp3) is 0.438. The number of carbonyl (C=O) groups excluding carboxylic acids is 1. The fourth-order valence-electron chi connectivity index (χ4n) is 2.66. The Balaban J connectivity index is 1.63. The molecule has 22 heavy (non-hydrogen) atoms. The van der Waals surface area contributed by atoms with Gasteiger partial charge in [0, 0.05) is 32.1 Å². The molecule has 1 atom stereocenters. The van der Waals surface area contributed by atoms with Crippen LogP contribution in [0.1, 0.15) is 29.0 Å². The quantitative estimate of drug-likeness (QED) is 0.921. The van der Waals surface area contributed by atoms with Crippen molar-refractivity contribution in [1.82, 2.24) is 20.4 Å². The SMILES string of the molecule is CCc1noc(C(=O)N2CCN[C@@H](Cc3ccccc3)C2)n1. The summed E-state index contributed by atoms with van der Waals surface area (Å²) in [4.78, 5) is 18.3. The molecule has 1 amide bonds. The smallest absolute Gasteiger partial charge is 0.316 e. The van der Waals surface area contributed by atoms with Crippen LogP contribution in [0.25, 0.3) is 0 Å². The Morgan fingerprint density at radius 1 is 1.41 bits per heavy atom. The minimum Gasteiger partial charge on any atom is -0.332 e. The van der Waals surface area contributed by atoms with Crippen LogP contribution in [0.3, 0.4) is 0 Å². The number of amides is 1. The molecule has 1 aliphatic heterocycles. The average Bonchev–Trinajstić information content (AvgIpc) is 3.04. The number of nitrogens with one attached hydrogen (secondary N) is 1. The highest BCUT2D eigenvalue weighted by Gasteiger charge is 2.27. The molecule has 0 spiro atoms. The predicted molar refractivity (Wildman–Crippen MR) is 81.5 cm³/mol. The lowest BCUT2D eigenvalue weighted by Gasteiger charge is -2.33. The van der Waals surface area contributed by atoms with Crippen LogP contribution in [-0.2, 0) is 12.8 Å². The molecule has 0 unspecified atom stereocenters. The minimum atomic E-state index is -0.174. The molecule has 0 aliphatic carbocycles. The van der Waals surface area contributed by atoms with E-state index >= 15 is 0 Å². The predicted octanol–water partition coefficient (Wildman–Crippen LogP) is 1.29. The second kappa shape index (κ2) is 6.70. The van der Waals surface area contributed by atoms with E-state index in [-0.39, 0.29) is 17.8 Å². The third-order valence-corrected chi connectivity index (χ3v) is 3.83. The summed E-state index contributed by atoms with van der Waals surface area (Å²) in [6.07, 6.45) is 1.56. The zero-order valence-electron chi connectivity index (χ0n) is 12.7. The summed E-state index contributed by atoms with van der Waals surface area (Å²) in [5.41, 5.74) is 1.26. The van der Waals surface area contributed by atoms with Gasteiger partial charge in [-0.05, 0) is 12.0 Å². The van der Waals surface area contributed by atoms with Crippen LogP contribution in [0, 0.1) is 0 Å². The van der Waals surface area contributed by atoms with Gasteiger partial charge >= 0.3 is 11.8 Å². The Hall–Kier alpha value is -2.21. The van der Waals surface area contributed by atoms with Crippen molar-refractivity contribution in [3.05, 3.63) is 47.6 Å². The number of aryl methyl sites for hydroxylation is 1. The van der Waals surface area contributed by atoms with Gasteiger partial charge in [0.25, 0.3) is 0 Å². The number of aromatic nitrogens is 2. The van der Waals surface area contributed by atoms with Gasteiger partial charge in [-0.1, -0.05) is 42.4 Å². The highest BCUT2D eigenvalue weighted by molar-refractivity contribution is 5.89. The molecule has 6 nitrogen and oxygen atoms in total. The number of piperazine rings is 1. The molecule has 3 rings (SSSR count). The van der Waals surface area contributed by atoms with Crippen molar-refractivity contribution >= 4 is 5.91 Å². The molecule has 0 saturated carbocycles. The summed E-state index contributed by atoms with van der Waals surface area (Å²) in [5.74, 6) is 0.489. The van der Waals surface area contributed by atoms with Crippen molar-refractivity contribution in [1.29, 1.82) is 0 Å². The van der Waals surface area contributed by atoms with E-state index < -0.39 is 0 Å². The highest BCUT2D eigenvalue weighted by Crippen LogP contribution is 2.10. The Morgan fingerprint density at radius 3 is 2.95 bits per heavy atom. The van der Waals surface area contributed by atoms with E-state index in [2.05, 4.69) is 27.6 Å². The van der Waals surface area contributed by atoms with Crippen LogP contribution in [0.15, 0.2) is 34.9 Å². The van der Waals surface area contributed by atoms with Crippen LogP contribution in [0.4, 0.5) is 0 Å². The molecule has 6 heteroatoms. The molecule has 116 valence electrons. The van der Waals surface area contributed by atoms with Gasteiger partial charge in [0.1, 0.15) is 0 Å². The first-order valence-corrected chi connectivity index (χ1v) is 7.65. The molecule has 0 radical (unpaired) electrons. The minimum absolute atomic E-state index is 0.0946. The molecule has 1 fully saturated rings. The second-order valence-electron chi connectivity index (χ2n) is 5.46. The Bertz CT molecular complexity index is 626. The van der Waals surface area contributed by atoms with Crippen LogP contribution in [-0.4, -0.2) is 46.6 Å². The third kappa shape index (κ3) is 3.33. The number of hydrogen-bond acceptors (Lipinski definition) is 5. The van der Waals surface area contributed by atoms with Crippen molar-refractivity contribution in [3.63, 3.8) is 0 Å². The molecule has 0 bridgehead atoms. The van der Waals surface area contributed by atoms with E-state index in [4.69, 9.17) is 4.52 Å². The van der Waals surface area contributed by atoms with Gasteiger partial charge in [-0.2, -0.15) is 4.98 Å².